The topological polar surface area (TPSA) is 29.1 Å². The third-order valence-electron chi connectivity index (χ3n) is 3.19. The highest BCUT2D eigenvalue weighted by atomic mass is 79.9. The molecule has 0 radical (unpaired) electrons. The zero-order valence-corrected chi connectivity index (χ0v) is 14.6. The van der Waals surface area contributed by atoms with Gasteiger partial charge in [-0.1, -0.05) is 45.8 Å². The maximum atomic E-state index is 12.4. The molecule has 0 saturated heterocycles. The van der Waals surface area contributed by atoms with Gasteiger partial charge in [0.05, 0.1) is 0 Å². The minimum absolute atomic E-state index is 0.0212. The largest absolute Gasteiger partial charge is 0.348 e. The van der Waals surface area contributed by atoms with Crippen molar-refractivity contribution in [2.45, 2.75) is 19.2 Å². The lowest BCUT2D eigenvalue weighted by molar-refractivity contribution is 0.0950. The lowest BCUT2D eigenvalue weighted by Crippen LogP contribution is -2.23. The maximum absolute atomic E-state index is 12.4. The molecule has 2 aromatic carbocycles. The molecule has 2 aromatic rings. The Morgan fingerprint density at radius 1 is 1.19 bits per heavy atom. The first-order chi connectivity index (χ1) is 10.1. The van der Waals surface area contributed by atoms with E-state index < -0.39 is 0 Å². The van der Waals surface area contributed by atoms with Gasteiger partial charge in [-0.25, -0.2) is 0 Å². The van der Waals surface area contributed by atoms with Crippen LogP contribution in [0, 0.1) is 6.92 Å². The Bertz CT molecular complexity index is 625. The standard InChI is InChI=1S/C17H18BrNOS/c1-12-3-5-13(6-4-12)10-19-17(20)16-8-7-15(18)9-14(16)11-21-2/h3-9H,10-11H2,1-2H3,(H,19,20). The van der Waals surface area contributed by atoms with Gasteiger partial charge in [-0.3, -0.25) is 4.79 Å². The first kappa shape index (κ1) is 16.1. The number of nitrogens with one attached hydrogen (secondary N) is 1. The van der Waals surface area contributed by atoms with Gasteiger partial charge < -0.3 is 5.32 Å². The summed E-state index contributed by atoms with van der Waals surface area (Å²) in [6.07, 6.45) is 2.04. The van der Waals surface area contributed by atoms with Crippen LogP contribution >= 0.6 is 27.7 Å². The molecule has 0 aliphatic heterocycles. The van der Waals surface area contributed by atoms with Crippen molar-refractivity contribution in [1.29, 1.82) is 0 Å². The van der Waals surface area contributed by atoms with Crippen LogP contribution in [0.15, 0.2) is 46.9 Å². The van der Waals surface area contributed by atoms with Crippen LogP contribution in [-0.2, 0) is 12.3 Å². The third-order valence-corrected chi connectivity index (χ3v) is 4.28. The summed E-state index contributed by atoms with van der Waals surface area (Å²) in [7, 11) is 0. The molecular formula is C17H18BrNOS. The van der Waals surface area contributed by atoms with E-state index in [-0.39, 0.29) is 5.91 Å². The predicted octanol–water partition coefficient (Wildman–Crippen LogP) is 4.55. The number of rotatable bonds is 5. The van der Waals surface area contributed by atoms with Crippen molar-refractivity contribution in [2.75, 3.05) is 6.26 Å². The Morgan fingerprint density at radius 3 is 2.57 bits per heavy atom. The highest BCUT2D eigenvalue weighted by Gasteiger charge is 2.11. The number of carbonyl (C=O) groups is 1. The summed E-state index contributed by atoms with van der Waals surface area (Å²) in [4.78, 5) is 12.4. The summed E-state index contributed by atoms with van der Waals surface area (Å²) >= 11 is 5.17. The van der Waals surface area contributed by atoms with E-state index in [1.807, 2.05) is 36.6 Å². The second kappa shape index (κ2) is 7.66. The summed E-state index contributed by atoms with van der Waals surface area (Å²) in [5.41, 5.74) is 4.13. The van der Waals surface area contributed by atoms with Gasteiger partial charge in [0.25, 0.3) is 5.91 Å². The highest BCUT2D eigenvalue weighted by molar-refractivity contribution is 9.10. The van der Waals surface area contributed by atoms with Crippen molar-refractivity contribution in [3.8, 4) is 0 Å². The molecule has 0 bridgehead atoms. The average molecular weight is 364 g/mol. The van der Waals surface area contributed by atoms with Gasteiger partial charge in [-0.05, 0) is 42.5 Å². The number of hydrogen-bond donors (Lipinski definition) is 1. The summed E-state index contributed by atoms with van der Waals surface area (Å²) in [5, 5.41) is 2.99. The second-order valence-electron chi connectivity index (χ2n) is 4.90. The Labute approximate surface area is 138 Å². The maximum Gasteiger partial charge on any atom is 0.251 e. The molecule has 0 aromatic heterocycles. The zero-order valence-electron chi connectivity index (χ0n) is 12.2. The summed E-state index contributed by atoms with van der Waals surface area (Å²) in [5.74, 6) is 0.805. The summed E-state index contributed by atoms with van der Waals surface area (Å²) < 4.78 is 1.00. The van der Waals surface area contributed by atoms with Gasteiger partial charge in [-0.2, -0.15) is 11.8 Å². The second-order valence-corrected chi connectivity index (χ2v) is 6.68. The van der Waals surface area contributed by atoms with Gasteiger partial charge in [-0.15, -0.1) is 0 Å². The van der Waals surface area contributed by atoms with Crippen LogP contribution in [0.25, 0.3) is 0 Å². The molecular weight excluding hydrogens is 346 g/mol. The van der Waals surface area contributed by atoms with Gasteiger partial charge in [0, 0.05) is 22.3 Å². The first-order valence-corrected chi connectivity index (χ1v) is 8.90. The molecule has 0 aliphatic rings. The molecule has 0 heterocycles. The van der Waals surface area contributed by atoms with E-state index >= 15 is 0 Å². The third kappa shape index (κ3) is 4.61. The molecule has 0 atom stereocenters. The summed E-state index contributed by atoms with van der Waals surface area (Å²) in [6, 6.07) is 14.0. The van der Waals surface area contributed by atoms with E-state index in [1.165, 1.54) is 5.56 Å². The van der Waals surface area contributed by atoms with E-state index in [0.29, 0.717) is 6.54 Å². The number of carbonyl (C=O) groups excluding carboxylic acids is 1. The molecule has 110 valence electrons. The molecule has 4 heteroatoms. The van der Waals surface area contributed by atoms with Crippen LogP contribution < -0.4 is 5.32 Å². The fourth-order valence-corrected chi connectivity index (χ4v) is 3.00. The molecule has 0 spiro atoms. The van der Waals surface area contributed by atoms with Crippen LogP contribution in [0.2, 0.25) is 0 Å². The number of thioether (sulfide) groups is 1. The van der Waals surface area contributed by atoms with Crippen LogP contribution in [0.3, 0.4) is 0 Å². The van der Waals surface area contributed by atoms with Gasteiger partial charge in [0.15, 0.2) is 0 Å². The van der Waals surface area contributed by atoms with Crippen LogP contribution in [-0.4, -0.2) is 12.2 Å². The molecule has 21 heavy (non-hydrogen) atoms. The molecule has 0 fully saturated rings. The molecule has 0 aliphatic carbocycles. The predicted molar refractivity (Wildman–Crippen MR) is 93.7 cm³/mol. The van der Waals surface area contributed by atoms with Crippen LogP contribution in [0.5, 0.6) is 0 Å². The van der Waals surface area contributed by atoms with Crippen molar-refractivity contribution in [2.24, 2.45) is 0 Å². The minimum Gasteiger partial charge on any atom is -0.348 e. The number of hydrogen-bond acceptors (Lipinski definition) is 2. The number of benzene rings is 2. The molecule has 2 nitrogen and oxygen atoms in total. The Balaban J connectivity index is 2.07. The van der Waals surface area contributed by atoms with Crippen LogP contribution in [0.4, 0.5) is 0 Å². The summed E-state index contributed by atoms with van der Waals surface area (Å²) in [6.45, 7) is 2.60. The van der Waals surface area contributed by atoms with Crippen molar-refractivity contribution < 1.29 is 4.79 Å². The average Bonchev–Trinajstić information content (AvgIpc) is 2.47. The van der Waals surface area contributed by atoms with Crippen molar-refractivity contribution in [3.63, 3.8) is 0 Å². The first-order valence-electron chi connectivity index (χ1n) is 6.71. The number of aryl methyl sites for hydroxylation is 1. The van der Waals surface area contributed by atoms with E-state index in [9.17, 15) is 4.79 Å². The minimum atomic E-state index is -0.0212. The molecule has 0 saturated carbocycles. The Morgan fingerprint density at radius 2 is 1.90 bits per heavy atom. The van der Waals surface area contributed by atoms with Crippen molar-refractivity contribution in [3.05, 3.63) is 69.2 Å². The van der Waals surface area contributed by atoms with E-state index in [0.717, 1.165) is 26.9 Å². The fourth-order valence-electron chi connectivity index (χ4n) is 2.04. The lowest BCUT2D eigenvalue weighted by Gasteiger charge is -2.10. The van der Waals surface area contributed by atoms with E-state index in [1.54, 1.807) is 11.8 Å². The molecule has 0 unspecified atom stereocenters. The van der Waals surface area contributed by atoms with Gasteiger partial charge in [0.1, 0.15) is 0 Å². The van der Waals surface area contributed by atoms with Gasteiger partial charge in [0.2, 0.25) is 0 Å². The Hall–Kier alpha value is -1.26. The quantitative estimate of drug-likeness (QED) is 0.843. The molecule has 1 amide bonds. The smallest absolute Gasteiger partial charge is 0.251 e. The molecule has 2 rings (SSSR count). The Kier molecular flexibility index (Phi) is 5.88. The van der Waals surface area contributed by atoms with E-state index in [2.05, 4.69) is 40.3 Å². The molecule has 1 N–H and O–H groups in total. The SMILES string of the molecule is CSCc1cc(Br)ccc1C(=O)NCc1ccc(C)cc1. The lowest BCUT2D eigenvalue weighted by atomic mass is 10.1. The number of halogens is 1. The fraction of sp³-hybridized carbons (Fsp3) is 0.235. The monoisotopic (exact) mass is 363 g/mol. The van der Waals surface area contributed by atoms with E-state index in [4.69, 9.17) is 0 Å². The highest BCUT2D eigenvalue weighted by Crippen LogP contribution is 2.20. The van der Waals surface area contributed by atoms with Gasteiger partial charge >= 0.3 is 0 Å². The zero-order chi connectivity index (χ0) is 15.2. The van der Waals surface area contributed by atoms with Crippen molar-refractivity contribution >= 4 is 33.6 Å². The van der Waals surface area contributed by atoms with Crippen LogP contribution in [0.1, 0.15) is 27.0 Å². The normalized spacial score (nSPS) is 10.4. The van der Waals surface area contributed by atoms with Crippen molar-refractivity contribution in [1.82, 2.24) is 5.32 Å². The number of amides is 1.